The van der Waals surface area contributed by atoms with Crippen molar-refractivity contribution in [3.8, 4) is 23.0 Å². The van der Waals surface area contributed by atoms with Crippen LogP contribution in [0.1, 0.15) is 73.5 Å². The summed E-state index contributed by atoms with van der Waals surface area (Å²) in [6, 6.07) is 77.8. The number of hydrogen-bond donors (Lipinski definition) is 0. The van der Waals surface area contributed by atoms with E-state index in [-0.39, 0.29) is 74.6 Å². The van der Waals surface area contributed by atoms with Crippen LogP contribution in [0.3, 0.4) is 0 Å². The number of carbonyl (C=O) groups is 2. The van der Waals surface area contributed by atoms with Crippen LogP contribution in [0.25, 0.3) is 6.08 Å². The standard InChI is InChI=1S/C72H66O11/c1-52(73)82-69-66(62(74)42-39-53-37-40-61(41-38-53)76-45-55-25-11-3-12-26-55)63(77-46-56-27-13-4-14-28-56)43-64(78-47-57-29-15-5-16-30-57)67(69)70-72(81-50-60-35-21-8-22-36-60)71(80-49-59-33-19-7-20-34-59)68(79-48-58-31-17-6-18-32-58)65(83-70)51-75-44-54-23-9-2-10-24-54/h2-43,65,68,70-72H,44-51H2,1H3/t65-,68-,70+,71+,72+/m1/s1. The third-order valence-electron chi connectivity index (χ3n) is 13.9. The predicted octanol–water partition coefficient (Wildman–Crippen LogP) is 14.7. The number of allylic oxidation sites excluding steroid dienone is 1. The van der Waals surface area contributed by atoms with Crippen LogP contribution < -0.4 is 18.9 Å². The summed E-state index contributed by atoms with van der Waals surface area (Å²) in [5.74, 6) is -0.360. The van der Waals surface area contributed by atoms with Crippen molar-refractivity contribution in [1.82, 2.24) is 0 Å². The molecule has 1 saturated heterocycles. The first-order chi connectivity index (χ1) is 40.9. The van der Waals surface area contributed by atoms with Gasteiger partial charge >= 0.3 is 5.97 Å². The normalized spacial score (nSPS) is 16.7. The van der Waals surface area contributed by atoms with Crippen molar-refractivity contribution >= 4 is 17.8 Å². The molecule has 1 aliphatic rings. The van der Waals surface area contributed by atoms with E-state index in [0.29, 0.717) is 12.4 Å². The van der Waals surface area contributed by atoms with Gasteiger partial charge in [-0.3, -0.25) is 9.59 Å². The number of benzene rings is 9. The second-order valence-corrected chi connectivity index (χ2v) is 20.1. The molecule has 1 fully saturated rings. The summed E-state index contributed by atoms with van der Waals surface area (Å²) in [7, 11) is 0. The summed E-state index contributed by atoms with van der Waals surface area (Å²) in [5, 5.41) is 0. The lowest BCUT2D eigenvalue weighted by molar-refractivity contribution is -0.275. The van der Waals surface area contributed by atoms with Gasteiger partial charge < -0.3 is 42.6 Å². The van der Waals surface area contributed by atoms with E-state index in [1.54, 1.807) is 12.1 Å². The van der Waals surface area contributed by atoms with Crippen molar-refractivity contribution in [2.45, 2.75) is 83.7 Å². The molecule has 0 saturated carbocycles. The first-order valence-corrected chi connectivity index (χ1v) is 27.9. The average molecular weight is 1110 g/mol. The van der Waals surface area contributed by atoms with Gasteiger partial charge in [0.1, 0.15) is 73.2 Å². The van der Waals surface area contributed by atoms with E-state index in [1.807, 2.05) is 237 Å². The van der Waals surface area contributed by atoms with Gasteiger partial charge in [-0.15, -0.1) is 0 Å². The monoisotopic (exact) mass is 1110 g/mol. The number of carbonyl (C=O) groups excluding carboxylic acids is 2. The maximum Gasteiger partial charge on any atom is 0.308 e. The van der Waals surface area contributed by atoms with Gasteiger partial charge in [-0.05, 0) is 62.7 Å². The molecule has 11 nitrogen and oxygen atoms in total. The van der Waals surface area contributed by atoms with Gasteiger partial charge in [0.2, 0.25) is 0 Å². The highest BCUT2D eigenvalue weighted by molar-refractivity contribution is 6.11. The first-order valence-electron chi connectivity index (χ1n) is 27.9. The molecule has 9 aromatic rings. The number of rotatable bonds is 27. The zero-order valence-corrected chi connectivity index (χ0v) is 46.3. The topological polar surface area (TPSA) is 117 Å². The number of esters is 1. The second-order valence-electron chi connectivity index (χ2n) is 20.1. The quantitative estimate of drug-likeness (QED) is 0.0212. The van der Waals surface area contributed by atoms with Crippen molar-refractivity contribution in [1.29, 1.82) is 0 Å². The van der Waals surface area contributed by atoms with Crippen molar-refractivity contribution in [2.75, 3.05) is 6.61 Å². The maximum atomic E-state index is 15.5. The fourth-order valence-electron chi connectivity index (χ4n) is 9.78. The van der Waals surface area contributed by atoms with Crippen molar-refractivity contribution < 1.29 is 52.2 Å². The van der Waals surface area contributed by atoms with E-state index in [1.165, 1.54) is 13.0 Å². The Bertz CT molecular complexity index is 3440. The molecule has 5 atom stereocenters. The van der Waals surface area contributed by atoms with Crippen LogP contribution in [0, 0.1) is 0 Å². The fraction of sp³-hybridized carbons (Fsp3) is 0.194. The fourth-order valence-corrected chi connectivity index (χ4v) is 9.78. The largest absolute Gasteiger partial charge is 0.489 e. The Kier molecular flexibility index (Phi) is 20.5. The molecular formula is C72H66O11. The Morgan fingerprint density at radius 3 is 1.29 bits per heavy atom. The molecule has 0 amide bonds. The Morgan fingerprint density at radius 2 is 0.831 bits per heavy atom. The molecule has 0 radical (unpaired) electrons. The Labute approximate surface area is 485 Å². The van der Waals surface area contributed by atoms with Crippen molar-refractivity contribution in [3.63, 3.8) is 0 Å². The molecule has 9 aromatic carbocycles. The minimum Gasteiger partial charge on any atom is -0.489 e. The van der Waals surface area contributed by atoms with Gasteiger partial charge in [-0.25, -0.2) is 0 Å². The SMILES string of the molecule is CC(=O)Oc1c(C(=O)C=Cc2ccc(OCc3ccccc3)cc2)c(OCc2ccccc2)cc(OCc2ccccc2)c1[C@@H]1O[C@H](COCc2ccccc2)[C@@H](OCc2ccccc2)[C@H](OCc2ccccc2)[C@H]1OCc1ccccc1. The molecule has 0 aliphatic carbocycles. The Morgan fingerprint density at radius 1 is 0.434 bits per heavy atom. The molecular weight excluding hydrogens is 1040 g/mol. The van der Waals surface area contributed by atoms with Gasteiger partial charge in [0, 0.05) is 13.0 Å². The van der Waals surface area contributed by atoms with Crippen LogP contribution in [0.5, 0.6) is 23.0 Å². The maximum absolute atomic E-state index is 15.5. The second kappa shape index (κ2) is 29.7. The lowest BCUT2D eigenvalue weighted by Gasteiger charge is -2.47. The summed E-state index contributed by atoms with van der Waals surface area (Å²) >= 11 is 0. The van der Waals surface area contributed by atoms with Crippen molar-refractivity contribution in [2.24, 2.45) is 0 Å². The Hall–Kier alpha value is -8.94. The molecule has 1 heterocycles. The van der Waals surface area contributed by atoms with Crippen LogP contribution in [-0.2, 0) is 74.7 Å². The molecule has 0 unspecified atom stereocenters. The third kappa shape index (κ3) is 16.4. The zero-order valence-electron chi connectivity index (χ0n) is 46.3. The van der Waals surface area contributed by atoms with E-state index >= 15 is 4.79 Å². The smallest absolute Gasteiger partial charge is 0.308 e. The number of hydrogen-bond acceptors (Lipinski definition) is 11. The van der Waals surface area contributed by atoms with E-state index in [9.17, 15) is 4.79 Å². The van der Waals surface area contributed by atoms with Gasteiger partial charge in [0.05, 0.1) is 38.6 Å². The molecule has 420 valence electrons. The van der Waals surface area contributed by atoms with E-state index in [4.69, 9.17) is 42.6 Å². The van der Waals surface area contributed by atoms with Crippen LogP contribution in [-0.4, -0.2) is 42.8 Å². The molecule has 11 heteroatoms. The number of ketones is 1. The van der Waals surface area contributed by atoms with E-state index in [0.717, 1.165) is 44.5 Å². The number of ether oxygens (including phenoxy) is 9. The molecule has 0 N–H and O–H groups in total. The molecule has 0 bridgehead atoms. The van der Waals surface area contributed by atoms with E-state index < -0.39 is 42.3 Å². The zero-order chi connectivity index (χ0) is 56.8. The molecule has 0 aromatic heterocycles. The average Bonchev–Trinajstić information content (AvgIpc) is 3.57. The summed E-state index contributed by atoms with van der Waals surface area (Å²) in [6.45, 7) is 2.62. The highest BCUT2D eigenvalue weighted by atomic mass is 16.6. The van der Waals surface area contributed by atoms with E-state index in [2.05, 4.69) is 0 Å². The summed E-state index contributed by atoms with van der Waals surface area (Å²) < 4.78 is 61.7. The summed E-state index contributed by atoms with van der Waals surface area (Å²) in [6.07, 6.45) is -1.65. The molecule has 1 aliphatic heterocycles. The highest BCUT2D eigenvalue weighted by Gasteiger charge is 2.51. The van der Waals surface area contributed by atoms with Gasteiger partial charge in [-0.2, -0.15) is 0 Å². The van der Waals surface area contributed by atoms with Crippen LogP contribution in [0.15, 0.2) is 249 Å². The van der Waals surface area contributed by atoms with Gasteiger partial charge in [0.25, 0.3) is 0 Å². The minimum absolute atomic E-state index is 0.0352. The van der Waals surface area contributed by atoms with Crippen molar-refractivity contribution in [3.05, 3.63) is 304 Å². The third-order valence-corrected chi connectivity index (χ3v) is 13.9. The molecule has 10 rings (SSSR count). The van der Waals surface area contributed by atoms with Crippen LogP contribution in [0.2, 0.25) is 0 Å². The molecule has 83 heavy (non-hydrogen) atoms. The van der Waals surface area contributed by atoms with Gasteiger partial charge in [-0.1, -0.05) is 231 Å². The molecule has 0 spiro atoms. The summed E-state index contributed by atoms with van der Waals surface area (Å²) in [5.41, 5.74) is 7.33. The lowest BCUT2D eigenvalue weighted by atomic mass is 9.87. The summed E-state index contributed by atoms with van der Waals surface area (Å²) in [4.78, 5) is 29.4. The predicted molar refractivity (Wildman–Crippen MR) is 319 cm³/mol. The Balaban J connectivity index is 1.13. The first kappa shape index (κ1) is 57.3. The van der Waals surface area contributed by atoms with Gasteiger partial charge in [0.15, 0.2) is 11.5 Å². The lowest BCUT2D eigenvalue weighted by Crippen LogP contribution is -2.58. The minimum atomic E-state index is -1.19. The highest BCUT2D eigenvalue weighted by Crippen LogP contribution is 2.50. The van der Waals surface area contributed by atoms with Crippen LogP contribution >= 0.6 is 0 Å². The van der Waals surface area contributed by atoms with Crippen LogP contribution in [0.4, 0.5) is 0 Å².